The molecular formula is C15H11ClFN. The molecule has 2 aromatic carbocycles. The number of hydrogen-bond acceptors (Lipinski definition) is 1. The first-order valence-electron chi connectivity index (χ1n) is 5.60. The Bertz CT molecular complexity index is 555. The van der Waals surface area contributed by atoms with Crippen LogP contribution in [0.25, 0.3) is 0 Å². The third-order valence-electron chi connectivity index (χ3n) is 2.79. The lowest BCUT2D eigenvalue weighted by molar-refractivity contribution is 0.600. The highest BCUT2D eigenvalue weighted by molar-refractivity contribution is 6.31. The summed E-state index contributed by atoms with van der Waals surface area (Å²) in [6.45, 7) is 0. The molecule has 90 valence electrons. The molecule has 0 saturated heterocycles. The van der Waals surface area contributed by atoms with Crippen LogP contribution in [0, 0.1) is 17.1 Å². The molecule has 0 aliphatic heterocycles. The molecule has 0 radical (unpaired) electrons. The summed E-state index contributed by atoms with van der Waals surface area (Å²) in [7, 11) is 0. The summed E-state index contributed by atoms with van der Waals surface area (Å²) >= 11 is 5.98. The van der Waals surface area contributed by atoms with E-state index in [0.717, 1.165) is 5.56 Å². The smallest absolute Gasteiger partial charge is 0.129 e. The highest BCUT2D eigenvalue weighted by atomic mass is 35.5. The van der Waals surface area contributed by atoms with Gasteiger partial charge in [0, 0.05) is 10.6 Å². The fourth-order valence-electron chi connectivity index (χ4n) is 1.91. The van der Waals surface area contributed by atoms with Crippen LogP contribution in [0.4, 0.5) is 4.39 Å². The normalized spacial score (nSPS) is 11.8. The molecule has 0 aliphatic rings. The summed E-state index contributed by atoms with van der Waals surface area (Å²) in [6.07, 6.45) is 0.456. The Labute approximate surface area is 110 Å². The second kappa shape index (κ2) is 5.66. The van der Waals surface area contributed by atoms with Gasteiger partial charge in [0.05, 0.1) is 12.0 Å². The number of nitrogens with zero attached hydrogens (tertiary/aromatic N) is 1. The van der Waals surface area contributed by atoms with Gasteiger partial charge in [-0.05, 0) is 24.1 Å². The molecule has 1 unspecified atom stereocenters. The molecule has 0 aliphatic carbocycles. The molecule has 0 heterocycles. The summed E-state index contributed by atoms with van der Waals surface area (Å²) < 4.78 is 13.8. The highest BCUT2D eigenvalue weighted by Gasteiger charge is 2.18. The highest BCUT2D eigenvalue weighted by Crippen LogP contribution is 2.29. The zero-order valence-corrected chi connectivity index (χ0v) is 10.4. The minimum Gasteiger partial charge on any atom is -0.207 e. The monoisotopic (exact) mass is 259 g/mol. The molecule has 3 heteroatoms. The minimum absolute atomic E-state index is 0.283. The quantitative estimate of drug-likeness (QED) is 0.805. The second-order valence-electron chi connectivity index (χ2n) is 4.01. The SMILES string of the molecule is N#CC(Cc1ccccc1)c1c(F)cccc1Cl. The van der Waals surface area contributed by atoms with Crippen molar-refractivity contribution in [2.24, 2.45) is 0 Å². The van der Waals surface area contributed by atoms with E-state index in [1.165, 1.54) is 12.1 Å². The molecule has 18 heavy (non-hydrogen) atoms. The average Bonchev–Trinajstić information content (AvgIpc) is 2.38. The van der Waals surface area contributed by atoms with Gasteiger partial charge in [0.1, 0.15) is 5.82 Å². The van der Waals surface area contributed by atoms with E-state index >= 15 is 0 Å². The predicted octanol–water partition coefficient (Wildman–Crippen LogP) is 4.33. The van der Waals surface area contributed by atoms with Gasteiger partial charge in [0.25, 0.3) is 0 Å². The van der Waals surface area contributed by atoms with Crippen molar-refractivity contribution < 1.29 is 4.39 Å². The maximum atomic E-state index is 13.8. The predicted molar refractivity (Wildman–Crippen MR) is 69.9 cm³/mol. The topological polar surface area (TPSA) is 23.8 Å². The molecule has 1 atom stereocenters. The largest absolute Gasteiger partial charge is 0.207 e. The van der Waals surface area contributed by atoms with Crippen molar-refractivity contribution in [2.45, 2.75) is 12.3 Å². The first kappa shape index (κ1) is 12.6. The van der Waals surface area contributed by atoms with Gasteiger partial charge in [0.15, 0.2) is 0 Å². The molecule has 0 bridgehead atoms. The lowest BCUT2D eigenvalue weighted by Crippen LogP contribution is -2.04. The molecule has 0 aromatic heterocycles. The number of hydrogen-bond donors (Lipinski definition) is 0. The van der Waals surface area contributed by atoms with Gasteiger partial charge in [0.2, 0.25) is 0 Å². The van der Waals surface area contributed by atoms with Crippen LogP contribution < -0.4 is 0 Å². The van der Waals surface area contributed by atoms with Gasteiger partial charge in [-0.1, -0.05) is 48.0 Å². The molecule has 0 spiro atoms. The number of benzene rings is 2. The summed E-state index contributed by atoms with van der Waals surface area (Å²) in [5.74, 6) is -0.994. The van der Waals surface area contributed by atoms with Crippen LogP contribution in [-0.2, 0) is 6.42 Å². The molecule has 1 nitrogen and oxygen atoms in total. The van der Waals surface area contributed by atoms with Gasteiger partial charge in [-0.2, -0.15) is 5.26 Å². The van der Waals surface area contributed by atoms with E-state index < -0.39 is 11.7 Å². The Kier molecular flexibility index (Phi) is 3.96. The van der Waals surface area contributed by atoms with E-state index in [2.05, 4.69) is 6.07 Å². The van der Waals surface area contributed by atoms with Crippen LogP contribution in [0.3, 0.4) is 0 Å². The maximum Gasteiger partial charge on any atom is 0.129 e. The van der Waals surface area contributed by atoms with E-state index in [0.29, 0.717) is 11.4 Å². The fraction of sp³-hybridized carbons (Fsp3) is 0.133. The van der Waals surface area contributed by atoms with Gasteiger partial charge in [-0.25, -0.2) is 4.39 Å². The van der Waals surface area contributed by atoms with E-state index in [1.807, 2.05) is 30.3 Å². The Morgan fingerprint density at radius 2 is 1.83 bits per heavy atom. The second-order valence-corrected chi connectivity index (χ2v) is 4.41. The molecule has 2 rings (SSSR count). The summed E-state index contributed by atoms with van der Waals surface area (Å²) in [6, 6.07) is 16.1. The van der Waals surface area contributed by atoms with Crippen molar-refractivity contribution in [3.63, 3.8) is 0 Å². The van der Waals surface area contributed by atoms with Crippen LogP contribution in [0.2, 0.25) is 5.02 Å². The van der Waals surface area contributed by atoms with Crippen molar-refractivity contribution in [2.75, 3.05) is 0 Å². The number of nitriles is 1. The third-order valence-corrected chi connectivity index (χ3v) is 3.12. The van der Waals surface area contributed by atoms with Crippen molar-refractivity contribution in [3.8, 4) is 6.07 Å². The van der Waals surface area contributed by atoms with Gasteiger partial charge >= 0.3 is 0 Å². The molecule has 2 aromatic rings. The molecule has 0 fully saturated rings. The lowest BCUT2D eigenvalue weighted by atomic mass is 9.93. The van der Waals surface area contributed by atoms with E-state index in [4.69, 9.17) is 11.6 Å². The average molecular weight is 260 g/mol. The van der Waals surface area contributed by atoms with E-state index in [9.17, 15) is 9.65 Å². The van der Waals surface area contributed by atoms with Crippen molar-refractivity contribution >= 4 is 11.6 Å². The van der Waals surface area contributed by atoms with Gasteiger partial charge in [-0.15, -0.1) is 0 Å². The standard InChI is InChI=1S/C15H11ClFN/c16-13-7-4-8-14(17)15(13)12(10-18)9-11-5-2-1-3-6-11/h1-8,12H,9H2. The van der Waals surface area contributed by atoms with Crippen LogP contribution in [0.15, 0.2) is 48.5 Å². The Morgan fingerprint density at radius 3 is 2.44 bits per heavy atom. The number of halogens is 2. The van der Waals surface area contributed by atoms with Crippen molar-refractivity contribution in [3.05, 3.63) is 70.5 Å². The summed E-state index contributed by atoms with van der Waals surface area (Å²) in [5, 5.41) is 9.52. The molecule has 0 saturated carbocycles. The van der Waals surface area contributed by atoms with Gasteiger partial charge < -0.3 is 0 Å². The molecular weight excluding hydrogens is 249 g/mol. The molecule has 0 N–H and O–H groups in total. The fourth-order valence-corrected chi connectivity index (χ4v) is 2.20. The van der Waals surface area contributed by atoms with Crippen molar-refractivity contribution in [1.82, 2.24) is 0 Å². The maximum absolute atomic E-state index is 13.8. The van der Waals surface area contributed by atoms with Crippen LogP contribution >= 0.6 is 11.6 Å². The zero-order chi connectivity index (χ0) is 13.0. The van der Waals surface area contributed by atoms with Gasteiger partial charge in [-0.3, -0.25) is 0 Å². The summed E-state index contributed by atoms with van der Waals surface area (Å²) in [5.41, 5.74) is 1.27. The Balaban J connectivity index is 2.33. The Morgan fingerprint density at radius 1 is 1.11 bits per heavy atom. The van der Waals surface area contributed by atoms with Crippen molar-refractivity contribution in [1.29, 1.82) is 5.26 Å². The first-order chi connectivity index (χ1) is 8.72. The van der Waals surface area contributed by atoms with Crippen LogP contribution in [0.5, 0.6) is 0 Å². The Hall–Kier alpha value is -1.85. The van der Waals surface area contributed by atoms with E-state index in [1.54, 1.807) is 6.07 Å². The van der Waals surface area contributed by atoms with Crippen LogP contribution in [0.1, 0.15) is 17.0 Å². The van der Waals surface area contributed by atoms with E-state index in [-0.39, 0.29) is 5.56 Å². The molecule has 0 amide bonds. The minimum atomic E-state index is -0.568. The zero-order valence-electron chi connectivity index (χ0n) is 9.61. The third kappa shape index (κ3) is 2.69. The lowest BCUT2D eigenvalue weighted by Gasteiger charge is -2.12. The number of rotatable bonds is 3. The first-order valence-corrected chi connectivity index (χ1v) is 5.97. The summed E-state index contributed by atoms with van der Waals surface area (Å²) in [4.78, 5) is 0. The van der Waals surface area contributed by atoms with Crippen LogP contribution in [-0.4, -0.2) is 0 Å².